The first-order chi connectivity index (χ1) is 6.43. The van der Waals surface area contributed by atoms with Crippen molar-refractivity contribution in [3.8, 4) is 0 Å². The molecule has 0 radical (unpaired) electrons. The van der Waals surface area contributed by atoms with Crippen LogP contribution in [0.15, 0.2) is 0 Å². The Hall–Kier alpha value is -0.260. The van der Waals surface area contributed by atoms with Crippen LogP contribution in [0.5, 0.6) is 0 Å². The number of nitrogens with zero attached hydrogens (tertiary/aromatic N) is 1. The summed E-state index contributed by atoms with van der Waals surface area (Å²) < 4.78 is 36.5. The molecule has 0 aromatic carbocycles. The molecule has 82 valence electrons. The van der Waals surface area contributed by atoms with E-state index in [1.165, 1.54) is 4.90 Å². The number of carbonyl (C=O) groups excluding carboxylic acids is 1. The molecule has 0 aromatic rings. The van der Waals surface area contributed by atoms with E-state index in [1.54, 1.807) is 0 Å². The van der Waals surface area contributed by atoms with Gasteiger partial charge in [0.05, 0.1) is 0 Å². The van der Waals surface area contributed by atoms with E-state index >= 15 is 0 Å². The molecule has 0 aromatic heterocycles. The summed E-state index contributed by atoms with van der Waals surface area (Å²) in [5.74, 6) is -0.864. The lowest BCUT2D eigenvalue weighted by Crippen LogP contribution is -2.45. The standard InChI is InChI=1S/C8H11BrF3NO/c9-6(8(10,11)12)7(14)13-4-2-1-3-5-13/h6H,1-5H2. The number of halogens is 4. The van der Waals surface area contributed by atoms with Crippen LogP contribution in [0.3, 0.4) is 0 Å². The van der Waals surface area contributed by atoms with E-state index in [4.69, 9.17) is 0 Å². The van der Waals surface area contributed by atoms with Crippen LogP contribution in [0.4, 0.5) is 13.2 Å². The summed E-state index contributed by atoms with van der Waals surface area (Å²) in [6.45, 7) is 0.883. The molecule has 0 N–H and O–H groups in total. The zero-order chi connectivity index (χ0) is 10.8. The van der Waals surface area contributed by atoms with Crippen molar-refractivity contribution in [2.24, 2.45) is 0 Å². The molecule has 1 atom stereocenters. The molecule has 0 bridgehead atoms. The highest BCUT2D eigenvalue weighted by atomic mass is 79.9. The number of hydrogen-bond acceptors (Lipinski definition) is 1. The SMILES string of the molecule is O=C(C(Br)C(F)(F)F)N1CCCCC1. The lowest BCUT2D eigenvalue weighted by Gasteiger charge is -2.29. The number of likely N-dealkylation sites (tertiary alicyclic amines) is 1. The molecule has 0 saturated carbocycles. The van der Waals surface area contributed by atoms with Gasteiger partial charge in [0.25, 0.3) is 0 Å². The van der Waals surface area contributed by atoms with Crippen molar-refractivity contribution in [2.45, 2.75) is 30.3 Å². The van der Waals surface area contributed by atoms with Gasteiger partial charge < -0.3 is 4.90 Å². The highest BCUT2D eigenvalue weighted by Gasteiger charge is 2.44. The van der Waals surface area contributed by atoms with Crippen molar-refractivity contribution < 1.29 is 18.0 Å². The predicted octanol–water partition coefficient (Wildman–Crippen LogP) is 2.32. The molecule has 6 heteroatoms. The number of rotatable bonds is 1. The Morgan fingerprint density at radius 3 is 2.14 bits per heavy atom. The predicted molar refractivity (Wildman–Crippen MR) is 49.2 cm³/mol. The Bertz CT molecular complexity index is 213. The smallest absolute Gasteiger partial charge is 0.341 e. The minimum atomic E-state index is -4.49. The van der Waals surface area contributed by atoms with Crippen LogP contribution in [-0.2, 0) is 4.79 Å². The van der Waals surface area contributed by atoms with Gasteiger partial charge in [-0.15, -0.1) is 0 Å². The molecule has 1 aliphatic heterocycles. The maximum atomic E-state index is 12.2. The molecule has 1 rings (SSSR count). The molecular formula is C8H11BrF3NO. The molecule has 1 saturated heterocycles. The zero-order valence-corrected chi connectivity index (χ0v) is 9.07. The Morgan fingerprint density at radius 2 is 1.71 bits per heavy atom. The van der Waals surface area contributed by atoms with Gasteiger partial charge in [-0.1, -0.05) is 15.9 Å². The molecule has 2 nitrogen and oxygen atoms in total. The van der Waals surface area contributed by atoms with Crippen LogP contribution < -0.4 is 0 Å². The van der Waals surface area contributed by atoms with Gasteiger partial charge in [0, 0.05) is 13.1 Å². The Labute approximate surface area is 88.6 Å². The third-order valence-electron chi connectivity index (χ3n) is 2.17. The number of amides is 1. The van der Waals surface area contributed by atoms with Gasteiger partial charge >= 0.3 is 6.18 Å². The molecule has 1 heterocycles. The van der Waals surface area contributed by atoms with E-state index in [0.29, 0.717) is 13.1 Å². The highest BCUT2D eigenvalue weighted by Crippen LogP contribution is 2.28. The summed E-state index contributed by atoms with van der Waals surface area (Å²) in [5.41, 5.74) is 0. The highest BCUT2D eigenvalue weighted by molar-refractivity contribution is 9.10. The Balaban J connectivity index is 2.55. The fourth-order valence-electron chi connectivity index (χ4n) is 1.41. The second-order valence-electron chi connectivity index (χ2n) is 3.29. The first-order valence-electron chi connectivity index (χ1n) is 4.42. The molecule has 0 spiro atoms. The summed E-state index contributed by atoms with van der Waals surface area (Å²) in [6, 6.07) is 0. The van der Waals surface area contributed by atoms with Crippen molar-refractivity contribution in [3.05, 3.63) is 0 Å². The summed E-state index contributed by atoms with van der Waals surface area (Å²) >= 11 is 2.38. The van der Waals surface area contributed by atoms with Crippen LogP contribution in [0.2, 0.25) is 0 Å². The lowest BCUT2D eigenvalue weighted by molar-refractivity contribution is -0.157. The number of carbonyl (C=O) groups is 1. The fourth-order valence-corrected chi connectivity index (χ4v) is 1.70. The lowest BCUT2D eigenvalue weighted by atomic mass is 10.1. The maximum absolute atomic E-state index is 12.2. The molecule has 14 heavy (non-hydrogen) atoms. The molecule has 0 aliphatic carbocycles. The van der Waals surface area contributed by atoms with E-state index < -0.39 is 16.9 Å². The van der Waals surface area contributed by atoms with Crippen LogP contribution in [-0.4, -0.2) is 34.9 Å². The average molecular weight is 274 g/mol. The largest absolute Gasteiger partial charge is 0.410 e. The minimum Gasteiger partial charge on any atom is -0.341 e. The van der Waals surface area contributed by atoms with Gasteiger partial charge in [-0.05, 0) is 19.3 Å². The molecule has 1 fully saturated rings. The molecule has 1 unspecified atom stereocenters. The first kappa shape index (κ1) is 11.8. The maximum Gasteiger partial charge on any atom is 0.410 e. The van der Waals surface area contributed by atoms with E-state index in [0.717, 1.165) is 19.3 Å². The van der Waals surface area contributed by atoms with Crippen molar-refractivity contribution >= 4 is 21.8 Å². The van der Waals surface area contributed by atoms with Crippen molar-refractivity contribution in [1.29, 1.82) is 0 Å². The number of piperidine rings is 1. The van der Waals surface area contributed by atoms with Gasteiger partial charge in [0.1, 0.15) is 0 Å². The molecule has 1 amide bonds. The average Bonchev–Trinajstić information content (AvgIpc) is 2.15. The van der Waals surface area contributed by atoms with Gasteiger partial charge in [0.15, 0.2) is 4.83 Å². The number of hydrogen-bond donors (Lipinski definition) is 0. The van der Waals surface area contributed by atoms with Gasteiger partial charge in [0.2, 0.25) is 5.91 Å². The minimum absolute atomic E-state index is 0.441. The van der Waals surface area contributed by atoms with Crippen LogP contribution in [0.25, 0.3) is 0 Å². The Kier molecular flexibility index (Phi) is 3.80. The molecular weight excluding hydrogens is 263 g/mol. The summed E-state index contributed by atoms with van der Waals surface area (Å²) in [6.07, 6.45) is -1.91. The number of alkyl halides is 4. The van der Waals surface area contributed by atoms with E-state index in [1.807, 2.05) is 0 Å². The van der Waals surface area contributed by atoms with Crippen molar-refractivity contribution in [3.63, 3.8) is 0 Å². The summed E-state index contributed by atoms with van der Waals surface area (Å²) in [7, 11) is 0. The first-order valence-corrected chi connectivity index (χ1v) is 5.34. The van der Waals surface area contributed by atoms with Crippen molar-refractivity contribution in [2.75, 3.05) is 13.1 Å². The second kappa shape index (κ2) is 4.51. The quantitative estimate of drug-likeness (QED) is 0.672. The third-order valence-corrected chi connectivity index (χ3v) is 3.08. The van der Waals surface area contributed by atoms with E-state index in [-0.39, 0.29) is 0 Å². The van der Waals surface area contributed by atoms with Crippen LogP contribution >= 0.6 is 15.9 Å². The van der Waals surface area contributed by atoms with E-state index in [9.17, 15) is 18.0 Å². The zero-order valence-electron chi connectivity index (χ0n) is 7.48. The van der Waals surface area contributed by atoms with Gasteiger partial charge in [-0.2, -0.15) is 13.2 Å². The monoisotopic (exact) mass is 273 g/mol. The fraction of sp³-hybridized carbons (Fsp3) is 0.875. The van der Waals surface area contributed by atoms with Gasteiger partial charge in [-0.3, -0.25) is 4.79 Å². The van der Waals surface area contributed by atoms with Crippen LogP contribution in [0, 0.1) is 0 Å². The van der Waals surface area contributed by atoms with Crippen LogP contribution in [0.1, 0.15) is 19.3 Å². The molecule has 1 aliphatic rings. The summed E-state index contributed by atoms with van der Waals surface area (Å²) in [4.78, 5) is 10.5. The second-order valence-corrected chi connectivity index (χ2v) is 4.21. The normalized spacial score (nSPS) is 20.7. The topological polar surface area (TPSA) is 20.3 Å². The third kappa shape index (κ3) is 2.87. The summed E-state index contributed by atoms with van der Waals surface area (Å²) in [5, 5.41) is 0. The van der Waals surface area contributed by atoms with Gasteiger partial charge in [-0.25, -0.2) is 0 Å². The van der Waals surface area contributed by atoms with E-state index in [2.05, 4.69) is 15.9 Å². The Morgan fingerprint density at radius 1 is 1.21 bits per heavy atom. The van der Waals surface area contributed by atoms with Crippen molar-refractivity contribution in [1.82, 2.24) is 4.90 Å².